The van der Waals surface area contributed by atoms with E-state index in [0.29, 0.717) is 34.0 Å². The molecule has 0 fully saturated rings. The Labute approximate surface area is 172 Å². The molecule has 0 saturated heterocycles. The first-order chi connectivity index (χ1) is 14.1. The van der Waals surface area contributed by atoms with Crippen molar-refractivity contribution in [2.75, 3.05) is 14.2 Å². The lowest BCUT2D eigenvalue weighted by atomic mass is 10.1. The van der Waals surface area contributed by atoms with Crippen LogP contribution in [0.5, 0.6) is 17.4 Å². The smallest absolute Gasteiger partial charge is 0.226 e. The lowest BCUT2D eigenvalue weighted by molar-refractivity contribution is 0.244. The number of fused-ring (bicyclic) bond motifs is 1. The van der Waals surface area contributed by atoms with Crippen LogP contribution in [0.2, 0.25) is 5.28 Å². The molecule has 2 aromatic carbocycles. The molecule has 4 rings (SSSR count). The number of aryl methyl sites for hydroxylation is 1. The van der Waals surface area contributed by atoms with Gasteiger partial charge in [-0.3, -0.25) is 0 Å². The van der Waals surface area contributed by atoms with Crippen LogP contribution in [0.25, 0.3) is 22.2 Å². The van der Waals surface area contributed by atoms with Gasteiger partial charge >= 0.3 is 0 Å². The normalized spacial score (nSPS) is 10.9. The number of hydrogen-bond donors (Lipinski definition) is 0. The van der Waals surface area contributed by atoms with E-state index in [-0.39, 0.29) is 11.9 Å². The molecule has 0 aliphatic carbocycles. The van der Waals surface area contributed by atoms with E-state index in [9.17, 15) is 0 Å². The maximum absolute atomic E-state index is 6.06. The van der Waals surface area contributed by atoms with E-state index < -0.39 is 0 Å². The van der Waals surface area contributed by atoms with Gasteiger partial charge in [-0.05, 0) is 24.6 Å². The highest BCUT2D eigenvalue weighted by Crippen LogP contribution is 2.35. The second-order valence-corrected chi connectivity index (χ2v) is 6.69. The SMILES string of the molecule is COc1cc2nc(Cl)nc(OCc3cc(-c4ccc(C)cc4)no3)c2cc1OC. The molecule has 0 aliphatic heterocycles. The van der Waals surface area contributed by atoms with E-state index >= 15 is 0 Å². The standard InChI is InChI=1S/C21H18ClN3O4/c1-12-4-6-13(7-5-12)16-8-14(29-25-16)11-28-20-15-9-18(26-2)19(27-3)10-17(15)23-21(22)24-20/h4-10H,11H2,1-3H3. The molecule has 7 nitrogen and oxygen atoms in total. The van der Waals surface area contributed by atoms with E-state index in [1.165, 1.54) is 5.56 Å². The fraction of sp³-hybridized carbons (Fsp3) is 0.190. The van der Waals surface area contributed by atoms with Crippen LogP contribution in [-0.4, -0.2) is 29.3 Å². The zero-order valence-electron chi connectivity index (χ0n) is 16.1. The molecular weight excluding hydrogens is 394 g/mol. The summed E-state index contributed by atoms with van der Waals surface area (Å²) >= 11 is 6.06. The highest BCUT2D eigenvalue weighted by atomic mass is 35.5. The summed E-state index contributed by atoms with van der Waals surface area (Å²) in [5.74, 6) is 1.95. The van der Waals surface area contributed by atoms with E-state index in [1.807, 2.05) is 37.3 Å². The molecule has 2 aromatic heterocycles. The lowest BCUT2D eigenvalue weighted by Gasteiger charge is -2.11. The van der Waals surface area contributed by atoms with E-state index in [2.05, 4.69) is 15.1 Å². The minimum absolute atomic E-state index is 0.0673. The Morgan fingerprint density at radius 2 is 1.69 bits per heavy atom. The van der Waals surface area contributed by atoms with Crippen molar-refractivity contribution in [3.05, 3.63) is 59.1 Å². The molecule has 4 aromatic rings. The molecule has 0 bridgehead atoms. The van der Waals surface area contributed by atoms with Gasteiger partial charge in [0.25, 0.3) is 0 Å². The van der Waals surface area contributed by atoms with Gasteiger partial charge in [-0.1, -0.05) is 35.0 Å². The van der Waals surface area contributed by atoms with E-state index in [0.717, 1.165) is 11.3 Å². The Balaban J connectivity index is 1.60. The third-order valence-electron chi connectivity index (χ3n) is 4.40. The van der Waals surface area contributed by atoms with Crippen LogP contribution >= 0.6 is 11.6 Å². The average Bonchev–Trinajstić information content (AvgIpc) is 3.20. The third-order valence-corrected chi connectivity index (χ3v) is 4.57. The van der Waals surface area contributed by atoms with Crippen molar-refractivity contribution < 1.29 is 18.7 Å². The van der Waals surface area contributed by atoms with Crippen LogP contribution in [0, 0.1) is 6.92 Å². The monoisotopic (exact) mass is 411 g/mol. The topological polar surface area (TPSA) is 79.5 Å². The summed E-state index contributed by atoms with van der Waals surface area (Å²) in [4.78, 5) is 8.42. The Morgan fingerprint density at radius 1 is 0.966 bits per heavy atom. The highest BCUT2D eigenvalue weighted by Gasteiger charge is 2.15. The maximum Gasteiger partial charge on any atom is 0.226 e. The van der Waals surface area contributed by atoms with Gasteiger partial charge in [0, 0.05) is 17.7 Å². The van der Waals surface area contributed by atoms with E-state index in [4.69, 9.17) is 30.3 Å². The molecular formula is C21H18ClN3O4. The molecule has 0 saturated carbocycles. The minimum atomic E-state index is 0.0673. The fourth-order valence-electron chi connectivity index (χ4n) is 2.89. The van der Waals surface area contributed by atoms with Crippen molar-refractivity contribution in [1.82, 2.24) is 15.1 Å². The van der Waals surface area contributed by atoms with Crippen molar-refractivity contribution in [3.8, 4) is 28.6 Å². The summed E-state index contributed by atoms with van der Waals surface area (Å²) in [5, 5.41) is 4.82. The zero-order chi connectivity index (χ0) is 20.4. The lowest BCUT2D eigenvalue weighted by Crippen LogP contribution is -2.00. The first-order valence-electron chi connectivity index (χ1n) is 8.82. The molecule has 0 atom stereocenters. The predicted molar refractivity (Wildman–Crippen MR) is 109 cm³/mol. The zero-order valence-corrected chi connectivity index (χ0v) is 16.9. The Kier molecular flexibility index (Phi) is 5.22. The number of hydrogen-bond acceptors (Lipinski definition) is 7. The average molecular weight is 412 g/mol. The molecule has 0 N–H and O–H groups in total. The summed E-state index contributed by atoms with van der Waals surface area (Å²) in [6.45, 7) is 2.17. The van der Waals surface area contributed by atoms with Gasteiger partial charge in [0.1, 0.15) is 5.69 Å². The van der Waals surface area contributed by atoms with Gasteiger partial charge in [0.2, 0.25) is 11.2 Å². The summed E-state index contributed by atoms with van der Waals surface area (Å²) < 4.78 is 21.9. The molecule has 0 amide bonds. The molecule has 0 aliphatic rings. The minimum Gasteiger partial charge on any atom is -0.493 e. The van der Waals surface area contributed by atoms with Gasteiger partial charge in [-0.25, -0.2) is 4.98 Å². The number of benzene rings is 2. The number of aromatic nitrogens is 3. The summed E-state index contributed by atoms with van der Waals surface area (Å²) in [6, 6.07) is 13.3. The first-order valence-corrected chi connectivity index (χ1v) is 9.20. The number of ether oxygens (including phenoxy) is 3. The first kappa shape index (κ1) is 19.0. The maximum atomic E-state index is 6.06. The van der Waals surface area contributed by atoms with Gasteiger partial charge in [-0.15, -0.1) is 0 Å². The van der Waals surface area contributed by atoms with Crippen LogP contribution in [0.15, 0.2) is 47.0 Å². The number of halogens is 1. The second-order valence-electron chi connectivity index (χ2n) is 6.36. The predicted octanol–water partition coefficient (Wildman–Crippen LogP) is 4.84. The van der Waals surface area contributed by atoms with Gasteiger partial charge in [0.15, 0.2) is 23.9 Å². The quantitative estimate of drug-likeness (QED) is 0.420. The Morgan fingerprint density at radius 3 is 2.41 bits per heavy atom. The van der Waals surface area contributed by atoms with Crippen LogP contribution in [-0.2, 0) is 6.61 Å². The number of methoxy groups -OCH3 is 2. The molecule has 8 heteroatoms. The van der Waals surface area contributed by atoms with Gasteiger partial charge in [-0.2, -0.15) is 4.98 Å². The van der Waals surface area contributed by atoms with E-state index in [1.54, 1.807) is 26.4 Å². The molecule has 2 heterocycles. The van der Waals surface area contributed by atoms with Crippen molar-refractivity contribution in [1.29, 1.82) is 0 Å². The Hall–Kier alpha value is -3.32. The van der Waals surface area contributed by atoms with Crippen molar-refractivity contribution in [3.63, 3.8) is 0 Å². The van der Waals surface area contributed by atoms with Crippen molar-refractivity contribution >= 4 is 22.5 Å². The molecule has 0 unspecified atom stereocenters. The summed E-state index contributed by atoms with van der Waals surface area (Å²) in [5.41, 5.74) is 3.47. The van der Waals surface area contributed by atoms with Crippen LogP contribution in [0.1, 0.15) is 11.3 Å². The Bertz CT molecular complexity index is 1160. The molecule has 0 radical (unpaired) electrons. The summed E-state index contributed by atoms with van der Waals surface area (Å²) in [7, 11) is 3.11. The largest absolute Gasteiger partial charge is 0.493 e. The van der Waals surface area contributed by atoms with Crippen LogP contribution in [0.3, 0.4) is 0 Å². The van der Waals surface area contributed by atoms with Crippen molar-refractivity contribution in [2.45, 2.75) is 13.5 Å². The van der Waals surface area contributed by atoms with Gasteiger partial charge < -0.3 is 18.7 Å². The number of rotatable bonds is 6. The second kappa shape index (κ2) is 7.97. The molecule has 148 valence electrons. The molecule has 0 spiro atoms. The fourth-order valence-corrected chi connectivity index (χ4v) is 3.06. The number of nitrogens with zero attached hydrogens (tertiary/aromatic N) is 3. The highest BCUT2D eigenvalue weighted by molar-refractivity contribution is 6.28. The van der Waals surface area contributed by atoms with Gasteiger partial charge in [0.05, 0.1) is 25.1 Å². The third kappa shape index (κ3) is 3.95. The summed E-state index contributed by atoms with van der Waals surface area (Å²) in [6.07, 6.45) is 0. The van der Waals surface area contributed by atoms with Crippen LogP contribution < -0.4 is 14.2 Å². The van der Waals surface area contributed by atoms with Crippen molar-refractivity contribution in [2.24, 2.45) is 0 Å². The molecule has 29 heavy (non-hydrogen) atoms. The van der Waals surface area contributed by atoms with Crippen LogP contribution in [0.4, 0.5) is 0 Å².